The second kappa shape index (κ2) is 6.46. The summed E-state index contributed by atoms with van der Waals surface area (Å²) in [7, 11) is 0. The predicted molar refractivity (Wildman–Crippen MR) is 93.8 cm³/mol. The molecular weight excluding hydrogens is 292 g/mol. The van der Waals surface area contributed by atoms with Gasteiger partial charge in [0.05, 0.1) is 0 Å². The molecule has 3 heteroatoms. The van der Waals surface area contributed by atoms with Crippen LogP contribution in [0.4, 0.5) is 5.69 Å². The number of rotatable bonds is 4. The molecule has 0 atom stereocenters. The Balaban J connectivity index is 1.76. The lowest BCUT2D eigenvalue weighted by Crippen LogP contribution is -1.97. The second-order valence-electron chi connectivity index (χ2n) is 4.93. The van der Waals surface area contributed by atoms with Gasteiger partial charge >= 0.3 is 0 Å². The quantitative estimate of drug-likeness (QED) is 0.690. The molecule has 108 valence electrons. The van der Waals surface area contributed by atoms with E-state index in [0.29, 0.717) is 5.02 Å². The first kappa shape index (κ1) is 14.4. The van der Waals surface area contributed by atoms with Gasteiger partial charge in [0, 0.05) is 28.8 Å². The van der Waals surface area contributed by atoms with Crippen molar-refractivity contribution in [3.05, 3.63) is 90.2 Å². The van der Waals surface area contributed by atoms with E-state index in [1.165, 1.54) is 0 Å². The first-order valence-electron chi connectivity index (χ1n) is 6.95. The number of nitrogens with one attached hydrogen (secondary N) is 1. The van der Waals surface area contributed by atoms with Gasteiger partial charge in [0.1, 0.15) is 0 Å². The Morgan fingerprint density at radius 3 is 2.45 bits per heavy atom. The molecule has 0 aliphatic rings. The van der Waals surface area contributed by atoms with Gasteiger partial charge in [0.2, 0.25) is 0 Å². The zero-order chi connectivity index (χ0) is 15.4. The lowest BCUT2D eigenvalue weighted by molar-refractivity contribution is 1.33. The van der Waals surface area contributed by atoms with E-state index in [1.807, 2.05) is 54.7 Å². The summed E-state index contributed by atoms with van der Waals surface area (Å²) in [6, 6.07) is 19.8. The molecule has 3 aromatic rings. The highest BCUT2D eigenvalue weighted by atomic mass is 35.5. The third kappa shape index (κ3) is 3.35. The number of halogens is 1. The van der Waals surface area contributed by atoms with Gasteiger partial charge < -0.3 is 5.32 Å². The van der Waals surface area contributed by atoms with E-state index in [1.54, 1.807) is 6.20 Å². The number of hydrogen-bond acceptors (Lipinski definition) is 2. The Kier molecular flexibility index (Phi) is 4.22. The molecule has 2 aromatic carbocycles. The normalized spacial score (nSPS) is 10.2. The van der Waals surface area contributed by atoms with Crippen LogP contribution >= 0.6 is 11.6 Å². The van der Waals surface area contributed by atoms with Crippen molar-refractivity contribution in [2.75, 3.05) is 5.32 Å². The molecule has 22 heavy (non-hydrogen) atoms. The Labute approximate surface area is 135 Å². The number of aromatic nitrogens is 1. The molecule has 0 radical (unpaired) electrons. The third-order valence-electron chi connectivity index (χ3n) is 3.35. The molecular formula is C19H15ClN2. The highest BCUT2D eigenvalue weighted by molar-refractivity contribution is 6.30. The summed E-state index contributed by atoms with van der Waals surface area (Å²) in [6.07, 6.45) is 3.63. The van der Waals surface area contributed by atoms with Crippen molar-refractivity contribution < 1.29 is 0 Å². The molecule has 0 spiro atoms. The van der Waals surface area contributed by atoms with E-state index in [9.17, 15) is 0 Å². The fourth-order valence-corrected chi connectivity index (χ4v) is 2.40. The number of nitrogens with zero attached hydrogens (tertiary/aromatic N) is 1. The fourth-order valence-electron chi connectivity index (χ4n) is 2.21. The number of benzene rings is 2. The van der Waals surface area contributed by atoms with Crippen molar-refractivity contribution in [1.82, 2.24) is 4.98 Å². The number of pyridine rings is 1. The maximum atomic E-state index is 5.99. The number of hydrogen-bond donors (Lipinski definition) is 1. The third-order valence-corrected chi connectivity index (χ3v) is 3.58. The van der Waals surface area contributed by atoms with Crippen LogP contribution in [-0.4, -0.2) is 4.98 Å². The van der Waals surface area contributed by atoms with Gasteiger partial charge in [-0.2, -0.15) is 0 Å². The lowest BCUT2D eigenvalue weighted by Gasteiger charge is -2.11. The van der Waals surface area contributed by atoms with Crippen LogP contribution in [-0.2, 0) is 0 Å². The van der Waals surface area contributed by atoms with Gasteiger partial charge in [-0.25, -0.2) is 0 Å². The average Bonchev–Trinajstić information content (AvgIpc) is 2.56. The minimum absolute atomic E-state index is 0.699. The van der Waals surface area contributed by atoms with Gasteiger partial charge in [0.15, 0.2) is 0 Å². The zero-order valence-electron chi connectivity index (χ0n) is 12.0. The Bertz CT molecular complexity index is 780. The van der Waals surface area contributed by atoms with E-state index in [4.69, 9.17) is 11.6 Å². The molecule has 0 saturated heterocycles. The van der Waals surface area contributed by atoms with Crippen LogP contribution in [0.25, 0.3) is 16.8 Å². The van der Waals surface area contributed by atoms with Gasteiger partial charge in [-0.05, 0) is 41.0 Å². The molecule has 0 fully saturated rings. The van der Waals surface area contributed by atoms with E-state index in [0.717, 1.165) is 28.1 Å². The monoisotopic (exact) mass is 306 g/mol. The summed E-state index contributed by atoms with van der Waals surface area (Å²) in [6.45, 7) is 4.09. The minimum atomic E-state index is 0.699. The van der Waals surface area contributed by atoms with Gasteiger partial charge in [-0.3, -0.25) is 4.98 Å². The summed E-state index contributed by atoms with van der Waals surface area (Å²) in [5.41, 5.74) is 5.02. The summed E-state index contributed by atoms with van der Waals surface area (Å²) in [4.78, 5) is 4.14. The topological polar surface area (TPSA) is 24.9 Å². The van der Waals surface area contributed by atoms with Gasteiger partial charge in [-0.15, -0.1) is 0 Å². The average molecular weight is 307 g/mol. The first-order chi connectivity index (χ1) is 10.7. The van der Waals surface area contributed by atoms with Crippen molar-refractivity contribution in [3.63, 3.8) is 0 Å². The highest BCUT2D eigenvalue weighted by Gasteiger charge is 2.02. The zero-order valence-corrected chi connectivity index (χ0v) is 12.7. The van der Waals surface area contributed by atoms with Crippen LogP contribution in [0.5, 0.6) is 0 Å². The predicted octanol–water partition coefficient (Wildman–Crippen LogP) is 5.48. The van der Waals surface area contributed by atoms with Crippen molar-refractivity contribution in [3.8, 4) is 11.1 Å². The van der Waals surface area contributed by atoms with Crippen molar-refractivity contribution in [1.29, 1.82) is 0 Å². The maximum Gasteiger partial charge on any atom is 0.0426 e. The van der Waals surface area contributed by atoms with Gasteiger partial charge in [-0.1, -0.05) is 54.6 Å². The highest BCUT2D eigenvalue weighted by Crippen LogP contribution is 2.23. The minimum Gasteiger partial charge on any atom is -0.355 e. The Hall–Kier alpha value is -2.58. The largest absolute Gasteiger partial charge is 0.355 e. The van der Waals surface area contributed by atoms with Crippen molar-refractivity contribution in [2.45, 2.75) is 0 Å². The molecule has 1 heterocycles. The number of anilines is 1. The Morgan fingerprint density at radius 2 is 1.77 bits per heavy atom. The first-order valence-corrected chi connectivity index (χ1v) is 7.32. The second-order valence-corrected chi connectivity index (χ2v) is 5.37. The van der Waals surface area contributed by atoms with E-state index in [-0.39, 0.29) is 0 Å². The van der Waals surface area contributed by atoms with Crippen LogP contribution in [0.2, 0.25) is 5.02 Å². The molecule has 1 N–H and O–H groups in total. The molecule has 0 saturated carbocycles. The van der Waals surface area contributed by atoms with Crippen LogP contribution in [0.3, 0.4) is 0 Å². The van der Waals surface area contributed by atoms with Crippen LogP contribution in [0.15, 0.2) is 79.6 Å². The van der Waals surface area contributed by atoms with Crippen molar-refractivity contribution >= 4 is 23.0 Å². The standard InChI is InChI=1S/C19H15ClN2/c1-14(22-19-6-2-5-18(20)12-19)15-7-9-16(10-8-15)17-4-3-11-21-13-17/h2-13,22H,1H2. The molecule has 2 nitrogen and oxygen atoms in total. The maximum absolute atomic E-state index is 5.99. The lowest BCUT2D eigenvalue weighted by atomic mass is 10.0. The molecule has 0 aliphatic carbocycles. The summed E-state index contributed by atoms with van der Waals surface area (Å²) in [5, 5.41) is 3.97. The summed E-state index contributed by atoms with van der Waals surface area (Å²) in [5.74, 6) is 0. The van der Waals surface area contributed by atoms with Crippen molar-refractivity contribution in [2.24, 2.45) is 0 Å². The van der Waals surface area contributed by atoms with E-state index >= 15 is 0 Å². The molecule has 1 aromatic heterocycles. The smallest absolute Gasteiger partial charge is 0.0426 e. The summed E-state index contributed by atoms with van der Waals surface area (Å²) >= 11 is 5.99. The molecule has 0 aliphatic heterocycles. The van der Waals surface area contributed by atoms with Crippen LogP contribution < -0.4 is 5.32 Å². The van der Waals surface area contributed by atoms with Crippen LogP contribution in [0.1, 0.15) is 5.56 Å². The molecule has 3 rings (SSSR count). The Morgan fingerprint density at radius 1 is 0.955 bits per heavy atom. The van der Waals surface area contributed by atoms with E-state index in [2.05, 4.69) is 29.0 Å². The van der Waals surface area contributed by atoms with E-state index < -0.39 is 0 Å². The molecule has 0 bridgehead atoms. The van der Waals surface area contributed by atoms with Gasteiger partial charge in [0.25, 0.3) is 0 Å². The van der Waals surface area contributed by atoms with Crippen LogP contribution in [0, 0.1) is 0 Å². The fraction of sp³-hybridized carbons (Fsp3) is 0. The molecule has 0 unspecified atom stereocenters. The summed E-state index contributed by atoms with van der Waals surface area (Å²) < 4.78 is 0. The SMILES string of the molecule is C=C(Nc1cccc(Cl)c1)c1ccc(-c2cccnc2)cc1. The molecule has 0 amide bonds.